The Balaban J connectivity index is 1.06. The summed E-state index contributed by atoms with van der Waals surface area (Å²) in [6.07, 6.45) is 0. The second-order valence-electron chi connectivity index (χ2n) is 15.4. The van der Waals surface area contributed by atoms with Crippen LogP contribution in [-0.4, -0.2) is 19.9 Å². The van der Waals surface area contributed by atoms with E-state index in [1.165, 1.54) is 0 Å². The molecule has 2 heterocycles. The van der Waals surface area contributed by atoms with Gasteiger partial charge in [-0.15, -0.1) is 0 Å². The number of nitrogens with zero attached hydrogens (tertiary/aromatic N) is 4. The lowest BCUT2D eigenvalue weighted by Gasteiger charge is -2.16. The van der Waals surface area contributed by atoms with Crippen LogP contribution in [0.1, 0.15) is 0 Å². The summed E-state index contributed by atoms with van der Waals surface area (Å²) in [5.41, 5.74) is 14.7. The summed E-state index contributed by atoms with van der Waals surface area (Å²) >= 11 is 0. The van der Waals surface area contributed by atoms with Crippen molar-refractivity contribution in [3.05, 3.63) is 231 Å². The Labute approximate surface area is 360 Å². The summed E-state index contributed by atoms with van der Waals surface area (Å²) < 4.78 is 0. The first kappa shape index (κ1) is 36.7. The van der Waals surface area contributed by atoms with Gasteiger partial charge in [-0.05, 0) is 73.5 Å². The summed E-state index contributed by atoms with van der Waals surface area (Å²) in [5, 5.41) is 3.44. The molecule has 2 aromatic heterocycles. The molecule has 11 aromatic rings. The molecule has 0 fully saturated rings. The van der Waals surface area contributed by atoms with Crippen molar-refractivity contribution < 1.29 is 0 Å². The van der Waals surface area contributed by atoms with E-state index in [1.807, 2.05) is 18.2 Å². The zero-order valence-electron chi connectivity index (χ0n) is 33.7. The van der Waals surface area contributed by atoms with Gasteiger partial charge in [0, 0.05) is 27.6 Å². The van der Waals surface area contributed by atoms with Gasteiger partial charge in [0.15, 0.2) is 17.5 Å². The van der Waals surface area contributed by atoms with Gasteiger partial charge in [0.2, 0.25) is 0 Å². The third-order valence-electron chi connectivity index (χ3n) is 11.5. The molecule has 0 aliphatic carbocycles. The molecule has 0 aliphatic rings. The van der Waals surface area contributed by atoms with Crippen LogP contribution in [0.2, 0.25) is 0 Å². The number of hydrogen-bond acceptors (Lipinski definition) is 4. The minimum Gasteiger partial charge on any atom is -0.248 e. The smallest absolute Gasteiger partial charge is 0.164 e. The van der Waals surface area contributed by atoms with Gasteiger partial charge in [-0.1, -0.05) is 212 Å². The van der Waals surface area contributed by atoms with Crippen LogP contribution in [0.4, 0.5) is 0 Å². The van der Waals surface area contributed by atoms with Crippen LogP contribution in [0.25, 0.3) is 112 Å². The molecule has 0 radical (unpaired) electrons. The fraction of sp³-hybridized carbons (Fsp3) is 0. The van der Waals surface area contributed by atoms with Gasteiger partial charge in [-0.2, -0.15) is 0 Å². The van der Waals surface area contributed by atoms with Gasteiger partial charge in [0.25, 0.3) is 0 Å². The lowest BCUT2D eigenvalue weighted by atomic mass is 9.90. The predicted octanol–water partition coefficient (Wildman–Crippen LogP) is 14.9. The van der Waals surface area contributed by atoms with E-state index in [1.54, 1.807) is 0 Å². The molecule has 290 valence electrons. The normalized spacial score (nSPS) is 11.2. The number of benzene rings is 9. The van der Waals surface area contributed by atoms with Crippen molar-refractivity contribution in [3.63, 3.8) is 0 Å². The van der Waals surface area contributed by atoms with Crippen molar-refractivity contribution in [1.82, 2.24) is 19.9 Å². The van der Waals surface area contributed by atoms with Crippen LogP contribution in [0, 0.1) is 0 Å². The van der Waals surface area contributed by atoms with Gasteiger partial charge in [-0.3, -0.25) is 0 Å². The Morgan fingerprint density at radius 3 is 1.18 bits per heavy atom. The second-order valence-corrected chi connectivity index (χ2v) is 15.4. The average molecular weight is 791 g/mol. The topological polar surface area (TPSA) is 51.6 Å². The number of rotatable bonds is 8. The van der Waals surface area contributed by atoms with Gasteiger partial charge < -0.3 is 0 Å². The molecule has 0 saturated heterocycles. The molecule has 0 N–H and O–H groups in total. The highest BCUT2D eigenvalue weighted by molar-refractivity contribution is 6.18. The maximum Gasteiger partial charge on any atom is 0.164 e. The molecule has 0 amide bonds. The maximum atomic E-state index is 5.36. The third-order valence-corrected chi connectivity index (χ3v) is 11.5. The average Bonchev–Trinajstić information content (AvgIpc) is 3.37. The Kier molecular flexibility index (Phi) is 9.49. The summed E-state index contributed by atoms with van der Waals surface area (Å²) in [6.45, 7) is 0. The largest absolute Gasteiger partial charge is 0.248 e. The van der Waals surface area contributed by atoms with Crippen LogP contribution in [0.5, 0.6) is 0 Å². The van der Waals surface area contributed by atoms with Crippen LogP contribution in [0.3, 0.4) is 0 Å². The highest BCUT2D eigenvalue weighted by Gasteiger charge is 2.18. The van der Waals surface area contributed by atoms with E-state index in [0.717, 1.165) is 94.1 Å². The second kappa shape index (κ2) is 16.0. The Hall–Kier alpha value is -8.34. The highest BCUT2D eigenvalue weighted by atomic mass is 15.0. The number of hydrogen-bond donors (Lipinski definition) is 0. The standard InChI is InChI=1S/C58H38N4/c1-5-16-39(17-6-1)41-28-32-45(33-29-41)56-60-57(46-34-30-42(31-35-46)40-18-7-2-8-19-40)62-58(61-56)48-25-15-24-47(36-48)51-37-54-55(50-27-14-13-26-49(50)51)52(43-20-9-3-10-21-43)38-53(59-54)44-22-11-4-12-23-44/h1-38H. The monoisotopic (exact) mass is 790 g/mol. The SMILES string of the molecule is c1ccc(-c2ccc(-c3nc(-c4ccc(-c5ccccc5)cc4)nc(-c4cccc(-c5cc6nc(-c7ccccc7)cc(-c7ccccc7)c6c6ccccc56)c4)n3)cc2)cc1. The number of pyridine rings is 1. The van der Waals surface area contributed by atoms with E-state index in [2.05, 4.69) is 212 Å². The van der Waals surface area contributed by atoms with Gasteiger partial charge in [0.1, 0.15) is 0 Å². The molecule has 4 heteroatoms. The molecule has 62 heavy (non-hydrogen) atoms. The predicted molar refractivity (Wildman–Crippen MR) is 256 cm³/mol. The molecule has 0 spiro atoms. The van der Waals surface area contributed by atoms with E-state index < -0.39 is 0 Å². The van der Waals surface area contributed by atoms with E-state index in [4.69, 9.17) is 19.9 Å². The number of fused-ring (bicyclic) bond motifs is 3. The van der Waals surface area contributed by atoms with E-state index in [-0.39, 0.29) is 0 Å². The van der Waals surface area contributed by atoms with Crippen molar-refractivity contribution in [3.8, 4) is 89.9 Å². The molecule has 0 unspecified atom stereocenters. The molecular formula is C58H38N4. The quantitative estimate of drug-likeness (QED) is 0.144. The minimum absolute atomic E-state index is 0.604. The highest BCUT2D eigenvalue weighted by Crippen LogP contribution is 2.41. The van der Waals surface area contributed by atoms with Crippen LogP contribution in [-0.2, 0) is 0 Å². The molecule has 9 aromatic carbocycles. The molecule has 0 saturated carbocycles. The summed E-state index contributed by atoms with van der Waals surface area (Å²) in [7, 11) is 0. The van der Waals surface area contributed by atoms with Gasteiger partial charge >= 0.3 is 0 Å². The zero-order chi connectivity index (χ0) is 41.2. The molecule has 11 rings (SSSR count). The Bertz CT molecular complexity index is 3250. The van der Waals surface area contributed by atoms with Crippen LogP contribution >= 0.6 is 0 Å². The summed E-state index contributed by atoms with van der Waals surface area (Å²) in [6, 6.07) is 80.5. The molecule has 0 bridgehead atoms. The van der Waals surface area contributed by atoms with Crippen LogP contribution < -0.4 is 0 Å². The van der Waals surface area contributed by atoms with Crippen molar-refractivity contribution in [2.75, 3.05) is 0 Å². The van der Waals surface area contributed by atoms with Crippen molar-refractivity contribution in [1.29, 1.82) is 0 Å². The Morgan fingerprint density at radius 1 is 0.226 bits per heavy atom. The zero-order valence-corrected chi connectivity index (χ0v) is 33.7. The van der Waals surface area contributed by atoms with Gasteiger partial charge in [-0.25, -0.2) is 19.9 Å². The number of aromatic nitrogens is 4. The van der Waals surface area contributed by atoms with Crippen molar-refractivity contribution in [2.45, 2.75) is 0 Å². The summed E-state index contributed by atoms with van der Waals surface area (Å²) in [5.74, 6) is 1.83. The lowest BCUT2D eigenvalue weighted by Crippen LogP contribution is -2.00. The maximum absolute atomic E-state index is 5.36. The van der Waals surface area contributed by atoms with Gasteiger partial charge in [0.05, 0.1) is 11.2 Å². The fourth-order valence-electron chi connectivity index (χ4n) is 8.42. The molecule has 0 aliphatic heterocycles. The molecular weight excluding hydrogens is 753 g/mol. The van der Waals surface area contributed by atoms with E-state index >= 15 is 0 Å². The fourth-order valence-corrected chi connectivity index (χ4v) is 8.42. The van der Waals surface area contributed by atoms with E-state index in [9.17, 15) is 0 Å². The van der Waals surface area contributed by atoms with E-state index in [0.29, 0.717) is 17.5 Å². The molecule has 4 nitrogen and oxygen atoms in total. The first-order valence-electron chi connectivity index (χ1n) is 20.9. The Morgan fingerprint density at radius 2 is 0.629 bits per heavy atom. The lowest BCUT2D eigenvalue weighted by molar-refractivity contribution is 1.07. The first-order valence-corrected chi connectivity index (χ1v) is 20.9. The molecule has 0 atom stereocenters. The third kappa shape index (κ3) is 7.10. The van der Waals surface area contributed by atoms with Crippen molar-refractivity contribution >= 4 is 21.7 Å². The minimum atomic E-state index is 0.604. The first-order chi connectivity index (χ1) is 30.7. The summed E-state index contributed by atoms with van der Waals surface area (Å²) in [4.78, 5) is 20.8. The van der Waals surface area contributed by atoms with Crippen molar-refractivity contribution in [2.24, 2.45) is 0 Å². The van der Waals surface area contributed by atoms with Crippen LogP contribution in [0.15, 0.2) is 231 Å².